The number of nitrogens with one attached hydrogen (secondary N) is 2. The summed E-state index contributed by atoms with van der Waals surface area (Å²) in [4.78, 5) is 15.9. The molecule has 0 saturated carbocycles. The zero-order valence-electron chi connectivity index (χ0n) is 17.5. The van der Waals surface area contributed by atoms with Gasteiger partial charge in [0.05, 0.1) is 25.2 Å². The fourth-order valence-electron chi connectivity index (χ4n) is 4.62. The van der Waals surface area contributed by atoms with Gasteiger partial charge in [-0.2, -0.15) is 0 Å². The molecule has 0 aliphatic carbocycles. The Labute approximate surface area is 177 Å². The molecule has 29 heavy (non-hydrogen) atoms. The maximum atomic E-state index is 13.1. The van der Waals surface area contributed by atoms with Gasteiger partial charge in [0.1, 0.15) is 10.5 Å². The van der Waals surface area contributed by atoms with E-state index in [2.05, 4.69) is 59.4 Å². The van der Waals surface area contributed by atoms with E-state index in [0.717, 1.165) is 41.5 Å². The Morgan fingerprint density at radius 2 is 2.10 bits per heavy atom. The van der Waals surface area contributed by atoms with Gasteiger partial charge in [-0.1, -0.05) is 30.3 Å². The van der Waals surface area contributed by atoms with E-state index >= 15 is 0 Å². The van der Waals surface area contributed by atoms with Crippen LogP contribution in [0.2, 0.25) is 0 Å². The van der Waals surface area contributed by atoms with Crippen LogP contribution in [-0.2, 0) is 0 Å². The van der Waals surface area contributed by atoms with Crippen molar-refractivity contribution >= 4 is 27.5 Å². The number of aromatic nitrogens is 1. The van der Waals surface area contributed by atoms with E-state index in [1.54, 1.807) is 16.2 Å². The molecular formula is C24H32N3OS+. The summed E-state index contributed by atoms with van der Waals surface area (Å²) in [5.41, 5.74) is 1.98. The van der Waals surface area contributed by atoms with Gasteiger partial charge in [-0.15, -0.1) is 11.3 Å². The van der Waals surface area contributed by atoms with E-state index in [9.17, 15) is 4.79 Å². The third-order valence-electron chi connectivity index (χ3n) is 6.39. The number of amides is 1. The molecule has 1 aliphatic rings. The number of rotatable bonds is 7. The Morgan fingerprint density at radius 3 is 2.90 bits per heavy atom. The van der Waals surface area contributed by atoms with Gasteiger partial charge in [-0.25, -0.2) is 0 Å². The van der Waals surface area contributed by atoms with Crippen LogP contribution >= 0.6 is 11.3 Å². The zero-order chi connectivity index (χ0) is 20.2. The van der Waals surface area contributed by atoms with Crippen LogP contribution in [0.1, 0.15) is 61.6 Å². The lowest BCUT2D eigenvalue weighted by Gasteiger charge is -2.30. The first-order chi connectivity index (χ1) is 14.1. The summed E-state index contributed by atoms with van der Waals surface area (Å²) in [6.07, 6.45) is 5.08. The van der Waals surface area contributed by atoms with Crippen molar-refractivity contribution in [3.05, 3.63) is 59.1 Å². The Morgan fingerprint density at radius 1 is 1.28 bits per heavy atom. The van der Waals surface area contributed by atoms with Gasteiger partial charge in [0.15, 0.2) is 0 Å². The maximum Gasteiger partial charge on any atom is 0.267 e. The predicted molar refractivity (Wildman–Crippen MR) is 121 cm³/mol. The number of benzene rings is 1. The standard InChI is InChI=1S/C24H31N3OS/c1-18-9-6-7-14-26(18)15-8-13-25-23(28)22-17-21-12-16-29-24(21)27(22)19(2)20-10-4-3-5-11-20/h3-5,10-12,16-19H,6-9,13-15H2,1-2H3,(H,25,28)/p+1/t18-,19+/m1/s1. The van der Waals surface area contributed by atoms with E-state index in [-0.39, 0.29) is 11.9 Å². The summed E-state index contributed by atoms with van der Waals surface area (Å²) >= 11 is 1.70. The molecule has 154 valence electrons. The number of carbonyl (C=O) groups is 1. The first-order valence-electron chi connectivity index (χ1n) is 10.9. The van der Waals surface area contributed by atoms with Crippen molar-refractivity contribution in [3.8, 4) is 0 Å². The minimum atomic E-state index is 0.0397. The smallest absolute Gasteiger partial charge is 0.267 e. The van der Waals surface area contributed by atoms with E-state index in [1.807, 2.05) is 12.1 Å². The molecule has 1 saturated heterocycles. The summed E-state index contributed by atoms with van der Waals surface area (Å²) in [5.74, 6) is 0.0397. The van der Waals surface area contributed by atoms with E-state index in [4.69, 9.17) is 0 Å². The molecule has 2 N–H and O–H groups in total. The number of nitrogens with zero attached hydrogens (tertiary/aromatic N) is 1. The lowest BCUT2D eigenvalue weighted by Crippen LogP contribution is -3.16. The number of hydrogen-bond acceptors (Lipinski definition) is 2. The SMILES string of the molecule is C[C@@H]1CCCC[NH+]1CCCNC(=O)c1cc2ccsc2n1[C@@H](C)c1ccccc1. The lowest BCUT2D eigenvalue weighted by atomic mass is 10.0. The second-order valence-electron chi connectivity index (χ2n) is 8.33. The third-order valence-corrected chi connectivity index (χ3v) is 7.32. The maximum absolute atomic E-state index is 13.1. The Bertz CT molecular complexity index is 946. The number of likely N-dealkylation sites (tertiary alicyclic amines) is 1. The van der Waals surface area contributed by atoms with Crippen molar-refractivity contribution in [1.82, 2.24) is 9.88 Å². The van der Waals surface area contributed by atoms with Crippen LogP contribution in [0, 0.1) is 0 Å². The normalized spacial score (nSPS) is 20.6. The quantitative estimate of drug-likeness (QED) is 0.570. The van der Waals surface area contributed by atoms with Crippen LogP contribution in [0.4, 0.5) is 0 Å². The highest BCUT2D eigenvalue weighted by Crippen LogP contribution is 2.31. The van der Waals surface area contributed by atoms with Gasteiger partial charge < -0.3 is 14.8 Å². The van der Waals surface area contributed by atoms with Crippen molar-refractivity contribution in [3.63, 3.8) is 0 Å². The number of thiophene rings is 1. The molecule has 1 unspecified atom stereocenters. The summed E-state index contributed by atoms with van der Waals surface area (Å²) in [5, 5.41) is 6.43. The molecular weight excluding hydrogens is 378 g/mol. The van der Waals surface area contributed by atoms with Crippen molar-refractivity contribution in [1.29, 1.82) is 0 Å². The number of quaternary nitrogens is 1. The number of hydrogen-bond donors (Lipinski definition) is 2. The Kier molecular flexibility index (Phi) is 6.36. The molecule has 1 aliphatic heterocycles. The molecule has 0 radical (unpaired) electrons. The van der Waals surface area contributed by atoms with Gasteiger partial charge in [0, 0.05) is 18.4 Å². The van der Waals surface area contributed by atoms with Crippen molar-refractivity contribution in [2.75, 3.05) is 19.6 Å². The van der Waals surface area contributed by atoms with Crippen LogP contribution in [0.5, 0.6) is 0 Å². The second-order valence-corrected chi connectivity index (χ2v) is 9.23. The summed E-state index contributed by atoms with van der Waals surface area (Å²) < 4.78 is 2.20. The van der Waals surface area contributed by atoms with Gasteiger partial charge in [-0.3, -0.25) is 4.79 Å². The molecule has 3 heterocycles. The molecule has 1 fully saturated rings. The van der Waals surface area contributed by atoms with Gasteiger partial charge >= 0.3 is 0 Å². The molecule has 2 aromatic heterocycles. The average molecular weight is 411 g/mol. The molecule has 5 heteroatoms. The summed E-state index contributed by atoms with van der Waals surface area (Å²) in [7, 11) is 0. The molecule has 1 amide bonds. The fraction of sp³-hybridized carbons (Fsp3) is 0.458. The topological polar surface area (TPSA) is 38.5 Å². The fourth-order valence-corrected chi connectivity index (χ4v) is 5.59. The molecule has 4 nitrogen and oxygen atoms in total. The van der Waals surface area contributed by atoms with E-state index in [0.29, 0.717) is 0 Å². The van der Waals surface area contributed by atoms with Gasteiger partial charge in [0.2, 0.25) is 0 Å². The molecule has 4 rings (SSSR count). The molecule has 3 atom stereocenters. The molecule has 0 spiro atoms. The highest BCUT2D eigenvalue weighted by Gasteiger charge is 2.23. The van der Waals surface area contributed by atoms with Crippen molar-refractivity contribution in [2.24, 2.45) is 0 Å². The largest absolute Gasteiger partial charge is 0.351 e. The monoisotopic (exact) mass is 410 g/mol. The second kappa shape index (κ2) is 9.14. The molecule has 0 bridgehead atoms. The van der Waals surface area contributed by atoms with Crippen LogP contribution in [0.25, 0.3) is 10.2 Å². The molecule has 3 aromatic rings. The third kappa shape index (κ3) is 4.41. The van der Waals surface area contributed by atoms with Gasteiger partial charge in [0.25, 0.3) is 5.91 Å². The lowest BCUT2D eigenvalue weighted by molar-refractivity contribution is -0.928. The number of piperidine rings is 1. The van der Waals surface area contributed by atoms with E-state index in [1.165, 1.54) is 31.4 Å². The zero-order valence-corrected chi connectivity index (χ0v) is 18.3. The average Bonchev–Trinajstić information content (AvgIpc) is 3.33. The van der Waals surface area contributed by atoms with E-state index < -0.39 is 0 Å². The Balaban J connectivity index is 1.44. The van der Waals surface area contributed by atoms with Crippen LogP contribution < -0.4 is 10.2 Å². The summed E-state index contributed by atoms with van der Waals surface area (Å²) in [6.45, 7) is 7.71. The van der Waals surface area contributed by atoms with Gasteiger partial charge in [-0.05, 0) is 56.2 Å². The minimum absolute atomic E-state index is 0.0397. The van der Waals surface area contributed by atoms with Crippen molar-refractivity contribution in [2.45, 2.75) is 51.6 Å². The molecule has 1 aromatic carbocycles. The number of fused-ring (bicyclic) bond motifs is 1. The van der Waals surface area contributed by atoms with Crippen LogP contribution in [-0.4, -0.2) is 36.2 Å². The first kappa shape index (κ1) is 20.2. The first-order valence-corrected chi connectivity index (χ1v) is 11.8. The minimum Gasteiger partial charge on any atom is -0.351 e. The van der Waals surface area contributed by atoms with Crippen LogP contribution in [0.15, 0.2) is 47.8 Å². The van der Waals surface area contributed by atoms with Crippen molar-refractivity contribution < 1.29 is 9.69 Å². The van der Waals surface area contributed by atoms with Crippen LogP contribution in [0.3, 0.4) is 0 Å². The highest BCUT2D eigenvalue weighted by molar-refractivity contribution is 7.16. The number of carbonyl (C=O) groups excluding carboxylic acids is 1. The highest BCUT2D eigenvalue weighted by atomic mass is 32.1. The Hall–Kier alpha value is -2.11. The summed E-state index contributed by atoms with van der Waals surface area (Å²) in [6, 6.07) is 15.4. The predicted octanol–water partition coefficient (Wildman–Crippen LogP) is 3.89.